The van der Waals surface area contributed by atoms with Gasteiger partial charge in [0.2, 0.25) is 5.91 Å². The van der Waals surface area contributed by atoms with Crippen LogP contribution in [0.1, 0.15) is 35.0 Å². The lowest BCUT2D eigenvalue weighted by atomic mass is 9.93. The third kappa shape index (κ3) is 3.83. The number of carbonyl (C=O) groups is 2. The van der Waals surface area contributed by atoms with Crippen LogP contribution >= 0.6 is 0 Å². The second kappa shape index (κ2) is 8.19. The SMILES string of the molecule is CN1CCN(C(=O)[C@H]2CCCN(C(=O)c3ccco3)C2)[C@@H](c2ccccc2)C1. The summed E-state index contributed by atoms with van der Waals surface area (Å²) in [6.07, 6.45) is 3.18. The molecule has 0 radical (unpaired) electrons. The predicted molar refractivity (Wildman–Crippen MR) is 106 cm³/mol. The third-order valence-corrected chi connectivity index (χ3v) is 5.84. The molecule has 28 heavy (non-hydrogen) atoms. The highest BCUT2D eigenvalue weighted by Crippen LogP contribution is 2.29. The van der Waals surface area contributed by atoms with Gasteiger partial charge in [0.25, 0.3) is 5.91 Å². The maximum Gasteiger partial charge on any atom is 0.289 e. The Morgan fingerprint density at radius 2 is 1.82 bits per heavy atom. The number of benzene rings is 1. The van der Waals surface area contributed by atoms with Crippen molar-refractivity contribution in [2.75, 3.05) is 39.8 Å². The van der Waals surface area contributed by atoms with Gasteiger partial charge in [-0.1, -0.05) is 30.3 Å². The van der Waals surface area contributed by atoms with Crippen molar-refractivity contribution in [3.63, 3.8) is 0 Å². The Morgan fingerprint density at radius 1 is 1.00 bits per heavy atom. The largest absolute Gasteiger partial charge is 0.459 e. The molecule has 2 aliphatic rings. The van der Waals surface area contributed by atoms with E-state index in [1.165, 1.54) is 11.8 Å². The Balaban J connectivity index is 1.49. The van der Waals surface area contributed by atoms with Gasteiger partial charge in [-0.2, -0.15) is 0 Å². The van der Waals surface area contributed by atoms with E-state index >= 15 is 0 Å². The van der Waals surface area contributed by atoms with Crippen molar-refractivity contribution in [3.8, 4) is 0 Å². The standard InChI is InChI=1S/C22H27N3O3/c1-23-12-13-25(19(16-23)17-7-3-2-4-8-17)21(26)18-9-5-11-24(15-18)22(27)20-10-6-14-28-20/h2-4,6-8,10,14,18-19H,5,9,11-13,15-16H2,1H3/t18-,19+/m0/s1. The van der Waals surface area contributed by atoms with E-state index in [0.29, 0.717) is 18.8 Å². The lowest BCUT2D eigenvalue weighted by molar-refractivity contribution is -0.142. The van der Waals surface area contributed by atoms with Crippen molar-refractivity contribution >= 4 is 11.8 Å². The Labute approximate surface area is 165 Å². The summed E-state index contributed by atoms with van der Waals surface area (Å²) in [6, 6.07) is 13.7. The molecule has 4 rings (SSSR count). The van der Waals surface area contributed by atoms with Crippen LogP contribution in [0.5, 0.6) is 0 Å². The molecule has 2 aromatic rings. The molecule has 0 unspecified atom stereocenters. The van der Waals surface area contributed by atoms with E-state index in [-0.39, 0.29) is 23.8 Å². The zero-order valence-corrected chi connectivity index (χ0v) is 16.3. The van der Waals surface area contributed by atoms with E-state index in [9.17, 15) is 9.59 Å². The topological polar surface area (TPSA) is 57.0 Å². The molecule has 0 saturated carbocycles. The number of hydrogen-bond donors (Lipinski definition) is 0. The summed E-state index contributed by atoms with van der Waals surface area (Å²) in [7, 11) is 2.10. The van der Waals surface area contributed by atoms with Crippen LogP contribution in [0.4, 0.5) is 0 Å². The summed E-state index contributed by atoms with van der Waals surface area (Å²) in [6.45, 7) is 3.56. The first-order chi connectivity index (χ1) is 13.6. The molecule has 2 atom stereocenters. The number of rotatable bonds is 3. The van der Waals surface area contributed by atoms with Crippen molar-refractivity contribution in [1.29, 1.82) is 0 Å². The Bertz CT molecular complexity index is 806. The van der Waals surface area contributed by atoms with Crippen LogP contribution in [0.2, 0.25) is 0 Å². The molecule has 6 nitrogen and oxygen atoms in total. The van der Waals surface area contributed by atoms with Crippen molar-refractivity contribution in [3.05, 3.63) is 60.1 Å². The second-order valence-electron chi connectivity index (χ2n) is 7.79. The van der Waals surface area contributed by atoms with Gasteiger partial charge in [0.15, 0.2) is 5.76 Å². The lowest BCUT2D eigenvalue weighted by Crippen LogP contribution is -2.53. The summed E-state index contributed by atoms with van der Waals surface area (Å²) >= 11 is 0. The maximum atomic E-state index is 13.4. The number of amides is 2. The Kier molecular flexibility index (Phi) is 5.48. The number of likely N-dealkylation sites (tertiary alicyclic amines) is 1. The quantitative estimate of drug-likeness (QED) is 0.820. The highest BCUT2D eigenvalue weighted by Gasteiger charge is 2.37. The van der Waals surface area contributed by atoms with Crippen LogP contribution in [0.3, 0.4) is 0 Å². The third-order valence-electron chi connectivity index (χ3n) is 5.84. The molecule has 2 fully saturated rings. The van der Waals surface area contributed by atoms with E-state index in [4.69, 9.17) is 4.42 Å². The Hall–Kier alpha value is -2.60. The fraction of sp³-hybridized carbons (Fsp3) is 0.455. The van der Waals surface area contributed by atoms with E-state index < -0.39 is 0 Å². The van der Waals surface area contributed by atoms with Crippen LogP contribution in [-0.2, 0) is 4.79 Å². The minimum absolute atomic E-state index is 0.0589. The maximum absolute atomic E-state index is 13.4. The van der Waals surface area contributed by atoms with Gasteiger partial charge in [-0.3, -0.25) is 9.59 Å². The molecular formula is C22H27N3O3. The minimum Gasteiger partial charge on any atom is -0.459 e. The fourth-order valence-electron chi connectivity index (χ4n) is 4.30. The normalized spacial score (nSPS) is 23.6. The highest BCUT2D eigenvalue weighted by atomic mass is 16.3. The number of piperazine rings is 1. The summed E-state index contributed by atoms with van der Waals surface area (Å²) in [5.41, 5.74) is 1.17. The zero-order chi connectivity index (χ0) is 19.5. The van der Waals surface area contributed by atoms with E-state index in [1.54, 1.807) is 17.0 Å². The van der Waals surface area contributed by atoms with E-state index in [2.05, 4.69) is 24.1 Å². The van der Waals surface area contributed by atoms with Gasteiger partial charge in [0.1, 0.15) is 0 Å². The van der Waals surface area contributed by atoms with E-state index in [0.717, 1.165) is 32.5 Å². The first-order valence-corrected chi connectivity index (χ1v) is 10.00. The first kappa shape index (κ1) is 18.7. The van der Waals surface area contributed by atoms with Gasteiger partial charge in [0.05, 0.1) is 18.2 Å². The molecule has 0 spiro atoms. The van der Waals surface area contributed by atoms with E-state index in [1.807, 2.05) is 23.1 Å². The summed E-state index contributed by atoms with van der Waals surface area (Å²) in [5.74, 6) is 0.233. The Morgan fingerprint density at radius 3 is 2.57 bits per heavy atom. The predicted octanol–water partition coefficient (Wildman–Crippen LogP) is 2.65. The molecule has 2 aliphatic heterocycles. The van der Waals surface area contributed by atoms with Crippen LogP contribution < -0.4 is 0 Å². The average Bonchev–Trinajstić information content (AvgIpc) is 3.28. The molecule has 1 aromatic carbocycles. The monoisotopic (exact) mass is 381 g/mol. The highest BCUT2D eigenvalue weighted by molar-refractivity contribution is 5.92. The second-order valence-corrected chi connectivity index (χ2v) is 7.79. The number of likely N-dealkylation sites (N-methyl/N-ethyl adjacent to an activating group) is 1. The summed E-state index contributed by atoms with van der Waals surface area (Å²) < 4.78 is 5.26. The van der Waals surface area contributed by atoms with Crippen LogP contribution in [0.25, 0.3) is 0 Å². The molecule has 0 N–H and O–H groups in total. The van der Waals surface area contributed by atoms with Gasteiger partial charge in [-0.25, -0.2) is 0 Å². The number of furan rings is 1. The molecule has 0 aliphatic carbocycles. The molecule has 148 valence electrons. The number of carbonyl (C=O) groups excluding carboxylic acids is 2. The molecular weight excluding hydrogens is 354 g/mol. The van der Waals surface area contributed by atoms with Crippen molar-refractivity contribution in [2.24, 2.45) is 5.92 Å². The average molecular weight is 381 g/mol. The van der Waals surface area contributed by atoms with Crippen LogP contribution in [-0.4, -0.2) is 66.3 Å². The molecule has 2 amide bonds. The minimum atomic E-state index is -0.151. The van der Waals surface area contributed by atoms with Gasteiger partial charge in [0, 0.05) is 32.7 Å². The molecule has 2 saturated heterocycles. The van der Waals surface area contributed by atoms with Crippen molar-refractivity contribution in [1.82, 2.24) is 14.7 Å². The number of piperidine rings is 1. The summed E-state index contributed by atoms with van der Waals surface area (Å²) in [5, 5.41) is 0. The molecule has 6 heteroatoms. The molecule has 0 bridgehead atoms. The van der Waals surface area contributed by atoms with Crippen molar-refractivity contribution < 1.29 is 14.0 Å². The number of nitrogens with zero attached hydrogens (tertiary/aromatic N) is 3. The summed E-state index contributed by atoms with van der Waals surface area (Å²) in [4.78, 5) is 32.1. The van der Waals surface area contributed by atoms with Gasteiger partial charge >= 0.3 is 0 Å². The van der Waals surface area contributed by atoms with Gasteiger partial charge in [-0.15, -0.1) is 0 Å². The first-order valence-electron chi connectivity index (χ1n) is 10.00. The molecule has 1 aromatic heterocycles. The lowest BCUT2D eigenvalue weighted by Gasteiger charge is -2.43. The smallest absolute Gasteiger partial charge is 0.289 e. The van der Waals surface area contributed by atoms with Crippen LogP contribution in [0.15, 0.2) is 53.1 Å². The van der Waals surface area contributed by atoms with Crippen LogP contribution in [0, 0.1) is 5.92 Å². The number of hydrogen-bond acceptors (Lipinski definition) is 4. The zero-order valence-electron chi connectivity index (χ0n) is 16.3. The fourth-order valence-corrected chi connectivity index (χ4v) is 4.30. The molecule has 3 heterocycles. The van der Waals surface area contributed by atoms with Gasteiger partial charge in [-0.05, 0) is 37.6 Å². The van der Waals surface area contributed by atoms with Gasteiger partial charge < -0.3 is 19.1 Å². The van der Waals surface area contributed by atoms with Crippen molar-refractivity contribution in [2.45, 2.75) is 18.9 Å².